The summed E-state index contributed by atoms with van der Waals surface area (Å²) in [5.74, 6) is -0.811. The first-order chi connectivity index (χ1) is 12.5. The first-order valence-electron chi connectivity index (χ1n) is 7.83. The van der Waals surface area contributed by atoms with Crippen LogP contribution in [0, 0.1) is 5.41 Å². The van der Waals surface area contributed by atoms with Crippen molar-refractivity contribution in [3.8, 4) is 5.75 Å². The lowest BCUT2D eigenvalue weighted by atomic mass is 10.1. The minimum Gasteiger partial charge on any atom is -0.484 e. The van der Waals surface area contributed by atoms with Crippen LogP contribution in [0.15, 0.2) is 29.2 Å². The van der Waals surface area contributed by atoms with Crippen LogP contribution in [0.4, 0.5) is 0 Å². The highest BCUT2D eigenvalue weighted by atomic mass is 32.2. The van der Waals surface area contributed by atoms with E-state index in [9.17, 15) is 9.59 Å². The number of benzene rings is 1. The van der Waals surface area contributed by atoms with Gasteiger partial charge in [-0.3, -0.25) is 15.0 Å². The van der Waals surface area contributed by atoms with Crippen LogP contribution in [-0.2, 0) is 16.0 Å². The second kappa shape index (κ2) is 7.79. The minimum atomic E-state index is -0.651. The number of aromatic nitrogens is 2. The number of ketones is 1. The number of nitrogens with zero attached hydrogens (tertiary/aromatic N) is 2. The third-order valence-corrected chi connectivity index (χ3v) is 5.70. The Hall–Kier alpha value is -2.52. The van der Waals surface area contributed by atoms with Crippen LogP contribution in [0.2, 0.25) is 0 Å². The van der Waals surface area contributed by atoms with Crippen LogP contribution in [0.25, 0.3) is 6.08 Å². The Morgan fingerprint density at radius 1 is 1.35 bits per heavy atom. The molecule has 0 unspecified atom stereocenters. The molecule has 0 radical (unpaired) electrons. The van der Waals surface area contributed by atoms with Crippen molar-refractivity contribution in [3.05, 3.63) is 44.7 Å². The quantitative estimate of drug-likeness (QED) is 0.733. The zero-order valence-corrected chi connectivity index (χ0v) is 15.5. The van der Waals surface area contributed by atoms with Gasteiger partial charge in [-0.25, -0.2) is 0 Å². The topological polar surface area (TPSA) is 119 Å². The van der Waals surface area contributed by atoms with E-state index >= 15 is 0 Å². The Bertz CT molecular complexity index is 890. The predicted octanol–water partition coefficient (Wildman–Crippen LogP) is 2.38. The van der Waals surface area contributed by atoms with Crippen LogP contribution in [0.1, 0.15) is 28.4 Å². The average Bonchev–Trinajstić information content (AvgIpc) is 3.19. The van der Waals surface area contributed by atoms with Gasteiger partial charge >= 0.3 is 0 Å². The van der Waals surface area contributed by atoms with E-state index in [-0.39, 0.29) is 17.4 Å². The molecular formula is C17H16N4O3S2. The lowest BCUT2D eigenvalue weighted by Crippen LogP contribution is -2.19. The molecule has 3 N–H and O–H groups in total. The van der Waals surface area contributed by atoms with Gasteiger partial charge in [0.05, 0.1) is 9.95 Å². The van der Waals surface area contributed by atoms with Gasteiger partial charge in [-0.15, -0.1) is 21.5 Å². The number of carbonyl (C=O) groups is 2. The van der Waals surface area contributed by atoms with E-state index in [1.807, 2.05) is 6.92 Å². The SMILES string of the molecule is CCc1nnc([C@@H]2C(=N)S/C(=C\c3ccc(OCC(N)=O)cc3)C2=O)s1. The van der Waals surface area contributed by atoms with Crippen molar-refractivity contribution in [2.75, 3.05) is 6.61 Å². The summed E-state index contributed by atoms with van der Waals surface area (Å²) in [5.41, 5.74) is 5.83. The van der Waals surface area contributed by atoms with Crippen LogP contribution < -0.4 is 10.5 Å². The molecule has 1 aromatic carbocycles. The third-order valence-electron chi connectivity index (χ3n) is 3.58. The zero-order chi connectivity index (χ0) is 18.7. The standard InChI is InChI=1S/C17H16N4O3S2/c1-2-13-20-21-17(26-13)14-15(23)11(25-16(14)19)7-9-3-5-10(6-4-9)24-8-12(18)22/h3-7,14,19H,2,8H2,1H3,(H2,18,22)/b11-7-,19-16?/t14-/m0/s1. The molecule has 1 aliphatic heterocycles. The fourth-order valence-corrected chi connectivity index (χ4v) is 4.26. The van der Waals surface area contributed by atoms with Gasteiger partial charge in [0.25, 0.3) is 5.91 Å². The molecule has 1 aromatic heterocycles. The van der Waals surface area contributed by atoms with Gasteiger partial charge < -0.3 is 10.5 Å². The van der Waals surface area contributed by atoms with E-state index < -0.39 is 11.8 Å². The fraction of sp³-hybridized carbons (Fsp3) is 0.235. The van der Waals surface area contributed by atoms with Crippen molar-refractivity contribution in [2.24, 2.45) is 5.73 Å². The van der Waals surface area contributed by atoms with Gasteiger partial charge in [-0.05, 0) is 30.2 Å². The highest BCUT2D eigenvalue weighted by Gasteiger charge is 2.39. The second-order valence-corrected chi connectivity index (χ2v) is 7.66. The van der Waals surface area contributed by atoms with Gasteiger partial charge in [0.15, 0.2) is 12.4 Å². The van der Waals surface area contributed by atoms with E-state index in [0.717, 1.165) is 28.8 Å². The number of nitrogens with two attached hydrogens (primary N) is 1. The lowest BCUT2D eigenvalue weighted by molar-refractivity contribution is -0.120. The normalized spacial score (nSPS) is 18.5. The van der Waals surface area contributed by atoms with Gasteiger partial charge in [0, 0.05) is 0 Å². The summed E-state index contributed by atoms with van der Waals surface area (Å²) in [6.45, 7) is 1.79. The Morgan fingerprint density at radius 3 is 2.69 bits per heavy atom. The molecule has 3 rings (SSSR count). The average molecular weight is 388 g/mol. The number of Topliss-reactive ketones (excluding diaryl/α,β-unsaturated/α-hetero) is 1. The van der Waals surface area contributed by atoms with E-state index in [4.69, 9.17) is 15.9 Å². The van der Waals surface area contributed by atoms with Gasteiger partial charge in [0.2, 0.25) is 0 Å². The molecule has 134 valence electrons. The maximum Gasteiger partial charge on any atom is 0.255 e. The molecule has 2 aromatic rings. The predicted molar refractivity (Wildman–Crippen MR) is 101 cm³/mol. The summed E-state index contributed by atoms with van der Waals surface area (Å²) in [6.07, 6.45) is 2.49. The molecule has 7 nitrogen and oxygen atoms in total. The number of ether oxygens (including phenoxy) is 1. The number of nitrogens with one attached hydrogen (secondary N) is 1. The number of carbonyl (C=O) groups excluding carboxylic acids is 2. The van der Waals surface area contributed by atoms with Crippen molar-refractivity contribution >= 4 is 45.9 Å². The molecule has 0 bridgehead atoms. The van der Waals surface area contributed by atoms with Crippen molar-refractivity contribution in [3.63, 3.8) is 0 Å². The Morgan fingerprint density at radius 2 is 2.08 bits per heavy atom. The maximum absolute atomic E-state index is 12.7. The van der Waals surface area contributed by atoms with Crippen molar-refractivity contribution in [2.45, 2.75) is 19.3 Å². The summed E-state index contributed by atoms with van der Waals surface area (Å²) in [6, 6.07) is 6.93. The Labute approximate surface area is 158 Å². The largest absolute Gasteiger partial charge is 0.484 e. The van der Waals surface area contributed by atoms with Gasteiger partial charge in [0.1, 0.15) is 21.7 Å². The number of allylic oxidation sites excluding steroid dienone is 1. The molecule has 1 amide bonds. The fourth-order valence-electron chi connectivity index (χ4n) is 2.31. The molecule has 0 aliphatic carbocycles. The van der Waals surface area contributed by atoms with Crippen LogP contribution in [0.3, 0.4) is 0 Å². The Kier molecular flexibility index (Phi) is 5.48. The summed E-state index contributed by atoms with van der Waals surface area (Å²) >= 11 is 2.52. The molecule has 0 spiro atoms. The minimum absolute atomic E-state index is 0.132. The molecule has 0 saturated carbocycles. The first-order valence-corrected chi connectivity index (χ1v) is 9.47. The van der Waals surface area contributed by atoms with Gasteiger partial charge in [-0.1, -0.05) is 30.8 Å². The second-order valence-electron chi connectivity index (χ2n) is 5.48. The molecular weight excluding hydrogens is 372 g/mol. The number of hydrogen-bond donors (Lipinski definition) is 2. The van der Waals surface area contributed by atoms with Gasteiger partial charge in [-0.2, -0.15) is 0 Å². The van der Waals surface area contributed by atoms with Crippen LogP contribution >= 0.6 is 23.1 Å². The number of thioether (sulfide) groups is 1. The summed E-state index contributed by atoms with van der Waals surface area (Å²) in [7, 11) is 0. The highest BCUT2D eigenvalue weighted by Crippen LogP contribution is 2.41. The molecule has 1 fully saturated rings. The Balaban J connectivity index is 1.76. The monoisotopic (exact) mass is 388 g/mol. The van der Waals surface area contributed by atoms with Crippen molar-refractivity contribution in [1.29, 1.82) is 5.41 Å². The first kappa shape index (κ1) is 18.3. The highest BCUT2D eigenvalue weighted by molar-refractivity contribution is 8.19. The number of primary amides is 1. The zero-order valence-electron chi connectivity index (χ0n) is 13.9. The van der Waals surface area contributed by atoms with Crippen LogP contribution in [0.5, 0.6) is 5.75 Å². The van der Waals surface area contributed by atoms with E-state index in [1.165, 1.54) is 11.3 Å². The molecule has 1 aliphatic rings. The third kappa shape index (κ3) is 4.00. The molecule has 9 heteroatoms. The smallest absolute Gasteiger partial charge is 0.255 e. The van der Waals surface area contributed by atoms with Crippen molar-refractivity contribution < 1.29 is 14.3 Å². The van der Waals surface area contributed by atoms with E-state index in [2.05, 4.69) is 10.2 Å². The van der Waals surface area contributed by atoms with E-state index in [1.54, 1.807) is 30.3 Å². The number of rotatable bonds is 6. The van der Waals surface area contributed by atoms with E-state index in [0.29, 0.717) is 15.7 Å². The molecule has 1 atom stereocenters. The van der Waals surface area contributed by atoms with Crippen LogP contribution in [-0.4, -0.2) is 33.5 Å². The molecule has 26 heavy (non-hydrogen) atoms. The number of amides is 1. The summed E-state index contributed by atoms with van der Waals surface area (Å²) in [4.78, 5) is 23.9. The maximum atomic E-state index is 12.7. The molecule has 1 saturated heterocycles. The van der Waals surface area contributed by atoms with Crippen molar-refractivity contribution in [1.82, 2.24) is 10.2 Å². The number of aryl methyl sites for hydroxylation is 1. The molecule has 2 heterocycles. The number of hydrogen-bond acceptors (Lipinski definition) is 8. The summed E-state index contributed by atoms with van der Waals surface area (Å²) < 4.78 is 5.20. The lowest BCUT2D eigenvalue weighted by Gasteiger charge is -2.04. The summed E-state index contributed by atoms with van der Waals surface area (Å²) in [5, 5.41) is 17.9.